The van der Waals surface area contributed by atoms with Gasteiger partial charge in [-0.2, -0.15) is 5.10 Å². The maximum absolute atomic E-state index is 11.3. The van der Waals surface area contributed by atoms with Crippen molar-refractivity contribution < 1.29 is 4.79 Å². The minimum absolute atomic E-state index is 0.113. The molecule has 0 spiro atoms. The summed E-state index contributed by atoms with van der Waals surface area (Å²) in [5.74, 6) is 0.464. The largest absolute Gasteiger partial charge is 0.384 e. The summed E-state index contributed by atoms with van der Waals surface area (Å²) in [5.41, 5.74) is 7.52. The lowest BCUT2D eigenvalue weighted by Crippen LogP contribution is -2.21. The molecule has 0 radical (unpaired) electrons. The molecule has 0 unspecified atom stereocenters. The van der Waals surface area contributed by atoms with Gasteiger partial charge in [-0.05, 0) is 13.8 Å². The van der Waals surface area contributed by atoms with Crippen molar-refractivity contribution >= 4 is 11.7 Å². The van der Waals surface area contributed by atoms with Gasteiger partial charge in [0.15, 0.2) is 0 Å². The monoisotopic (exact) mass is 208 g/mol. The van der Waals surface area contributed by atoms with Crippen molar-refractivity contribution in [3.8, 4) is 0 Å². The molecule has 1 heterocycles. The van der Waals surface area contributed by atoms with Crippen LogP contribution in [0.25, 0.3) is 0 Å². The van der Waals surface area contributed by atoms with E-state index in [1.807, 2.05) is 13.8 Å². The number of hydrogen-bond acceptors (Lipinski definition) is 3. The van der Waals surface area contributed by atoms with Crippen LogP contribution in [-0.4, -0.2) is 15.7 Å². The van der Waals surface area contributed by atoms with E-state index in [9.17, 15) is 4.79 Å². The second kappa shape index (κ2) is 4.63. The number of carbonyl (C=O) groups excluding carboxylic acids is 1. The highest BCUT2D eigenvalue weighted by molar-refractivity contribution is 5.88. The number of nitrogens with one attached hydrogen (secondary N) is 1. The molecule has 0 saturated carbocycles. The Hall–Kier alpha value is -1.78. The van der Waals surface area contributed by atoms with Crippen LogP contribution in [0.4, 0.5) is 5.82 Å². The smallest absolute Gasteiger partial charge is 0.244 e. The average molecular weight is 208 g/mol. The van der Waals surface area contributed by atoms with Crippen molar-refractivity contribution in [2.24, 2.45) is 7.05 Å². The molecule has 15 heavy (non-hydrogen) atoms. The molecular formula is C10H16N4O. The molecule has 1 aromatic heterocycles. The molecule has 0 aliphatic heterocycles. The second-order valence-corrected chi connectivity index (χ2v) is 3.62. The van der Waals surface area contributed by atoms with Crippen molar-refractivity contribution in [2.45, 2.75) is 20.4 Å². The van der Waals surface area contributed by atoms with Gasteiger partial charge in [-0.15, -0.1) is 0 Å². The summed E-state index contributed by atoms with van der Waals surface area (Å²) in [6.07, 6.45) is 3.20. The minimum atomic E-state index is -0.113. The van der Waals surface area contributed by atoms with E-state index in [1.165, 1.54) is 0 Å². The lowest BCUT2D eigenvalue weighted by atomic mass is 10.3. The first-order valence-electron chi connectivity index (χ1n) is 4.69. The van der Waals surface area contributed by atoms with Crippen LogP contribution >= 0.6 is 0 Å². The Kier molecular flexibility index (Phi) is 3.49. The van der Waals surface area contributed by atoms with Crippen LogP contribution in [0.1, 0.15) is 19.4 Å². The topological polar surface area (TPSA) is 72.9 Å². The lowest BCUT2D eigenvalue weighted by molar-refractivity contribution is -0.116. The number of amides is 1. The number of rotatable bonds is 3. The van der Waals surface area contributed by atoms with E-state index in [2.05, 4.69) is 10.4 Å². The number of anilines is 1. The van der Waals surface area contributed by atoms with E-state index < -0.39 is 0 Å². The van der Waals surface area contributed by atoms with Crippen LogP contribution < -0.4 is 11.1 Å². The van der Waals surface area contributed by atoms with E-state index in [-0.39, 0.29) is 5.91 Å². The first-order valence-corrected chi connectivity index (χ1v) is 4.69. The number of aromatic nitrogens is 2. The zero-order chi connectivity index (χ0) is 11.4. The summed E-state index contributed by atoms with van der Waals surface area (Å²) in [4.78, 5) is 11.3. The molecule has 1 aromatic rings. The fourth-order valence-electron chi connectivity index (χ4n) is 1.12. The molecule has 0 aliphatic rings. The number of nitrogens with two attached hydrogens (primary N) is 1. The van der Waals surface area contributed by atoms with Gasteiger partial charge in [0.25, 0.3) is 0 Å². The minimum Gasteiger partial charge on any atom is -0.384 e. The summed E-state index contributed by atoms with van der Waals surface area (Å²) in [7, 11) is 1.76. The van der Waals surface area contributed by atoms with Crippen molar-refractivity contribution in [2.75, 3.05) is 5.73 Å². The number of carbonyl (C=O) groups is 1. The first-order chi connectivity index (χ1) is 7.00. The number of hydrogen-bond donors (Lipinski definition) is 2. The Morgan fingerprint density at radius 3 is 2.80 bits per heavy atom. The van der Waals surface area contributed by atoms with E-state index >= 15 is 0 Å². The quantitative estimate of drug-likeness (QED) is 0.714. The number of aryl methyl sites for hydroxylation is 1. The summed E-state index contributed by atoms with van der Waals surface area (Å²) in [6.45, 7) is 4.15. The number of nitrogens with zero attached hydrogens (tertiary/aromatic N) is 2. The molecule has 5 heteroatoms. The second-order valence-electron chi connectivity index (χ2n) is 3.62. The predicted molar refractivity (Wildman–Crippen MR) is 58.9 cm³/mol. The molecule has 5 nitrogen and oxygen atoms in total. The van der Waals surface area contributed by atoms with Gasteiger partial charge in [-0.25, -0.2) is 0 Å². The fraction of sp³-hybridized carbons (Fsp3) is 0.400. The predicted octanol–water partition coefficient (Wildman–Crippen LogP) is 0.585. The van der Waals surface area contributed by atoms with E-state index in [1.54, 1.807) is 24.0 Å². The van der Waals surface area contributed by atoms with E-state index in [0.29, 0.717) is 12.4 Å². The number of allylic oxidation sites excluding steroid dienone is 1. The van der Waals surface area contributed by atoms with Gasteiger partial charge < -0.3 is 11.1 Å². The van der Waals surface area contributed by atoms with Crippen molar-refractivity contribution in [3.63, 3.8) is 0 Å². The van der Waals surface area contributed by atoms with Crippen LogP contribution in [0.15, 0.2) is 17.8 Å². The molecule has 3 N–H and O–H groups in total. The molecule has 82 valence electrons. The summed E-state index contributed by atoms with van der Waals surface area (Å²) in [6, 6.07) is 0. The van der Waals surface area contributed by atoms with Crippen molar-refractivity contribution in [1.82, 2.24) is 15.1 Å². The third kappa shape index (κ3) is 3.12. The van der Waals surface area contributed by atoms with Gasteiger partial charge in [-0.3, -0.25) is 9.48 Å². The Balaban J connectivity index is 2.55. The molecule has 0 fully saturated rings. The Morgan fingerprint density at radius 2 is 2.33 bits per heavy atom. The van der Waals surface area contributed by atoms with Crippen molar-refractivity contribution in [3.05, 3.63) is 23.4 Å². The summed E-state index contributed by atoms with van der Waals surface area (Å²) in [5, 5.41) is 6.72. The maximum atomic E-state index is 11.3. The highest BCUT2D eigenvalue weighted by Crippen LogP contribution is 2.08. The molecule has 1 rings (SSSR count). The Bertz CT molecular complexity index is 388. The Morgan fingerprint density at radius 1 is 1.67 bits per heavy atom. The van der Waals surface area contributed by atoms with Crippen LogP contribution in [0.3, 0.4) is 0 Å². The molecule has 0 saturated heterocycles. The van der Waals surface area contributed by atoms with Gasteiger partial charge in [0.05, 0.1) is 6.20 Å². The normalized spacial score (nSPS) is 9.80. The first kappa shape index (κ1) is 11.3. The lowest BCUT2D eigenvalue weighted by Gasteiger charge is -2.02. The zero-order valence-electron chi connectivity index (χ0n) is 9.24. The van der Waals surface area contributed by atoms with Crippen LogP contribution in [0.5, 0.6) is 0 Å². The van der Waals surface area contributed by atoms with Gasteiger partial charge in [-0.1, -0.05) is 5.57 Å². The van der Waals surface area contributed by atoms with Crippen LogP contribution in [-0.2, 0) is 18.4 Å². The third-order valence-corrected chi connectivity index (χ3v) is 1.94. The summed E-state index contributed by atoms with van der Waals surface area (Å²) < 4.78 is 1.57. The molecule has 0 aliphatic carbocycles. The molecule has 0 aromatic carbocycles. The van der Waals surface area contributed by atoms with Gasteiger partial charge in [0, 0.05) is 25.2 Å². The van der Waals surface area contributed by atoms with E-state index in [0.717, 1.165) is 11.1 Å². The third-order valence-electron chi connectivity index (χ3n) is 1.94. The van der Waals surface area contributed by atoms with E-state index in [4.69, 9.17) is 5.73 Å². The van der Waals surface area contributed by atoms with Crippen LogP contribution in [0, 0.1) is 0 Å². The number of nitrogen functional groups attached to an aromatic ring is 1. The van der Waals surface area contributed by atoms with Gasteiger partial charge in [0.2, 0.25) is 5.91 Å². The standard InChI is InChI=1S/C10H16N4O/c1-7(2)4-9(15)12-5-8-6-13-14(3)10(8)11/h4,6H,5,11H2,1-3H3,(H,12,15). The fourth-order valence-corrected chi connectivity index (χ4v) is 1.12. The van der Waals surface area contributed by atoms with Crippen molar-refractivity contribution in [1.29, 1.82) is 0 Å². The average Bonchev–Trinajstić information content (AvgIpc) is 2.44. The van der Waals surface area contributed by atoms with Crippen LogP contribution in [0.2, 0.25) is 0 Å². The summed E-state index contributed by atoms with van der Waals surface area (Å²) >= 11 is 0. The maximum Gasteiger partial charge on any atom is 0.244 e. The van der Waals surface area contributed by atoms with Gasteiger partial charge in [0.1, 0.15) is 5.82 Å². The highest BCUT2D eigenvalue weighted by Gasteiger charge is 2.04. The molecular weight excluding hydrogens is 192 g/mol. The zero-order valence-corrected chi connectivity index (χ0v) is 9.24. The molecule has 0 bridgehead atoms. The van der Waals surface area contributed by atoms with Gasteiger partial charge >= 0.3 is 0 Å². The SMILES string of the molecule is CC(C)=CC(=O)NCc1cnn(C)c1N. The Labute approximate surface area is 89.0 Å². The molecule has 0 atom stereocenters. The highest BCUT2D eigenvalue weighted by atomic mass is 16.1. The molecule has 1 amide bonds.